The van der Waals surface area contributed by atoms with Crippen LogP contribution in [0.5, 0.6) is 0 Å². The predicted octanol–water partition coefficient (Wildman–Crippen LogP) is 13.2. The molecule has 0 unspecified atom stereocenters. The molecule has 7 heteroatoms. The van der Waals surface area contributed by atoms with Crippen LogP contribution in [-0.2, 0) is 0 Å². The van der Waals surface area contributed by atoms with Crippen molar-refractivity contribution < 1.29 is 0 Å². The maximum absolute atomic E-state index is 14.3. The lowest BCUT2D eigenvalue weighted by atomic mass is 10.0. The normalized spacial score (nSPS) is 12.1. The Labute approximate surface area is 346 Å². The monoisotopic (exact) mass is 785 g/mol. The van der Waals surface area contributed by atoms with E-state index in [-0.39, 0.29) is 5.43 Å². The van der Waals surface area contributed by atoms with E-state index in [1.807, 2.05) is 67.3 Å². The van der Waals surface area contributed by atoms with Crippen LogP contribution in [0, 0.1) is 0 Å². The van der Waals surface area contributed by atoms with Crippen molar-refractivity contribution >= 4 is 96.9 Å². The average molecular weight is 786 g/mol. The zero-order chi connectivity index (χ0) is 39.5. The van der Waals surface area contributed by atoms with E-state index < -0.39 is 0 Å². The van der Waals surface area contributed by atoms with Crippen molar-refractivity contribution in [1.82, 2.24) is 23.7 Å². The molecular weight excluding hydrogens is 755 g/mol. The molecule has 0 bridgehead atoms. The SMILES string of the molecule is O=c1c2ccc(-n3c4ccccc4c4c5c6ccccc6n(-c6cccnc6)c5c5c(c6ccccc6n5-c5cccnc5)c43)cc2sc2ccc(-c3ccccc3)cc12. The Morgan fingerprint density at radius 2 is 0.933 bits per heavy atom. The van der Waals surface area contributed by atoms with Gasteiger partial charge in [-0.25, -0.2) is 0 Å². The fourth-order valence-electron chi connectivity index (χ4n) is 9.72. The quantitative estimate of drug-likeness (QED) is 0.167. The van der Waals surface area contributed by atoms with Gasteiger partial charge in [-0.2, -0.15) is 0 Å². The van der Waals surface area contributed by atoms with Crippen molar-refractivity contribution in [2.75, 3.05) is 0 Å². The van der Waals surface area contributed by atoms with Gasteiger partial charge in [0.1, 0.15) is 0 Å². The largest absolute Gasteiger partial charge is 0.308 e. The van der Waals surface area contributed by atoms with Crippen molar-refractivity contribution in [2.45, 2.75) is 0 Å². The zero-order valence-electron chi connectivity index (χ0n) is 32.0. The summed E-state index contributed by atoms with van der Waals surface area (Å²) in [4.78, 5) is 23.6. The number of pyridine rings is 2. The van der Waals surface area contributed by atoms with Gasteiger partial charge in [-0.05, 0) is 83.9 Å². The van der Waals surface area contributed by atoms with Crippen molar-refractivity contribution in [3.05, 3.63) is 199 Å². The van der Waals surface area contributed by atoms with Gasteiger partial charge in [-0.15, -0.1) is 11.3 Å². The molecular formula is C53H31N5OS. The highest BCUT2D eigenvalue weighted by atomic mass is 32.1. The van der Waals surface area contributed by atoms with E-state index in [0.717, 1.165) is 103 Å². The van der Waals surface area contributed by atoms with Crippen LogP contribution < -0.4 is 5.43 Å². The van der Waals surface area contributed by atoms with Gasteiger partial charge >= 0.3 is 0 Å². The van der Waals surface area contributed by atoms with Gasteiger partial charge in [0.2, 0.25) is 0 Å². The average Bonchev–Trinajstić information content (AvgIpc) is 3.96. The molecule has 6 nitrogen and oxygen atoms in total. The van der Waals surface area contributed by atoms with Crippen LogP contribution in [0.3, 0.4) is 0 Å². The molecule has 0 saturated carbocycles. The van der Waals surface area contributed by atoms with Crippen molar-refractivity contribution in [3.63, 3.8) is 0 Å². The smallest absolute Gasteiger partial charge is 0.195 e. The summed E-state index contributed by atoms with van der Waals surface area (Å²) in [6, 6.07) is 57.4. The van der Waals surface area contributed by atoms with Gasteiger partial charge in [0, 0.05) is 70.6 Å². The van der Waals surface area contributed by atoms with Crippen LogP contribution in [0.25, 0.3) is 114 Å². The zero-order valence-corrected chi connectivity index (χ0v) is 32.8. The maximum atomic E-state index is 14.3. The minimum absolute atomic E-state index is 0.0529. The summed E-state index contributed by atoms with van der Waals surface area (Å²) < 4.78 is 9.13. The first kappa shape index (κ1) is 33.1. The van der Waals surface area contributed by atoms with Crippen LogP contribution in [-0.4, -0.2) is 23.7 Å². The molecule has 0 aliphatic heterocycles. The number of hydrogen-bond donors (Lipinski definition) is 0. The number of fused-ring (bicyclic) bond motifs is 14. The van der Waals surface area contributed by atoms with Gasteiger partial charge < -0.3 is 13.7 Å². The second-order valence-corrected chi connectivity index (χ2v) is 16.4. The molecule has 0 spiro atoms. The molecule has 280 valence electrons. The van der Waals surface area contributed by atoms with E-state index in [1.54, 1.807) is 11.3 Å². The fourth-order valence-corrected chi connectivity index (χ4v) is 10.8. The van der Waals surface area contributed by atoms with Crippen LogP contribution in [0.4, 0.5) is 0 Å². The highest BCUT2D eigenvalue weighted by molar-refractivity contribution is 7.24. The molecule has 0 atom stereocenters. The molecule has 0 fully saturated rings. The Balaban J connectivity index is 1.23. The topological polar surface area (TPSA) is 57.6 Å². The van der Waals surface area contributed by atoms with Gasteiger partial charge in [0.25, 0.3) is 0 Å². The molecule has 0 radical (unpaired) electrons. The lowest BCUT2D eigenvalue weighted by molar-refractivity contribution is 1.12. The first-order valence-corrected chi connectivity index (χ1v) is 20.8. The molecule has 0 aliphatic carbocycles. The standard InChI is InChI=1S/C53H31N5OS/c59-53-40-24-23-34(29-46(40)60-45-25-22-33(28-41(45)53)32-12-2-1-3-13-32)56-42-19-7-4-16-37(42)47-48-38-17-5-8-20-43(38)57(35-14-10-26-54-30-35)51(48)52-49(50(47)56)39-18-6-9-21-44(39)58(52)36-15-11-27-55-31-36/h1-31H. The van der Waals surface area contributed by atoms with E-state index >= 15 is 0 Å². The summed E-state index contributed by atoms with van der Waals surface area (Å²) in [5, 5.41) is 8.42. The van der Waals surface area contributed by atoms with E-state index in [2.05, 4.69) is 145 Å². The van der Waals surface area contributed by atoms with Crippen LogP contribution in [0.15, 0.2) is 193 Å². The number of nitrogens with zero attached hydrogens (tertiary/aromatic N) is 5. The Morgan fingerprint density at radius 3 is 1.55 bits per heavy atom. The molecule has 0 N–H and O–H groups in total. The van der Waals surface area contributed by atoms with Crippen LogP contribution >= 0.6 is 11.3 Å². The van der Waals surface area contributed by atoms with Crippen LogP contribution in [0.2, 0.25) is 0 Å². The first-order chi connectivity index (χ1) is 29.7. The van der Waals surface area contributed by atoms with E-state index in [0.29, 0.717) is 0 Å². The first-order valence-electron chi connectivity index (χ1n) is 20.0. The number of rotatable bonds is 4. The molecule has 0 amide bonds. The van der Waals surface area contributed by atoms with E-state index in [1.165, 1.54) is 10.8 Å². The van der Waals surface area contributed by atoms with Gasteiger partial charge in [0.05, 0.1) is 56.9 Å². The highest BCUT2D eigenvalue weighted by Gasteiger charge is 2.29. The summed E-state index contributed by atoms with van der Waals surface area (Å²) in [7, 11) is 0. The highest BCUT2D eigenvalue weighted by Crippen LogP contribution is 2.50. The summed E-state index contributed by atoms with van der Waals surface area (Å²) >= 11 is 1.67. The van der Waals surface area contributed by atoms with E-state index in [9.17, 15) is 4.79 Å². The van der Waals surface area contributed by atoms with Crippen molar-refractivity contribution in [1.29, 1.82) is 0 Å². The minimum Gasteiger partial charge on any atom is -0.308 e. The maximum Gasteiger partial charge on any atom is 0.195 e. The number of para-hydroxylation sites is 3. The molecule has 13 aromatic rings. The third kappa shape index (κ3) is 4.55. The Hall–Kier alpha value is -7.87. The van der Waals surface area contributed by atoms with Gasteiger partial charge in [-0.1, -0.05) is 91.0 Å². The molecule has 6 heterocycles. The lowest BCUT2D eigenvalue weighted by Crippen LogP contribution is -2.02. The number of benzene rings is 7. The van der Waals surface area contributed by atoms with Gasteiger partial charge in [0.15, 0.2) is 5.43 Å². The predicted molar refractivity (Wildman–Crippen MR) is 250 cm³/mol. The Morgan fingerprint density at radius 1 is 0.383 bits per heavy atom. The third-order valence-electron chi connectivity index (χ3n) is 12.2. The van der Waals surface area contributed by atoms with Crippen LogP contribution in [0.1, 0.15) is 0 Å². The molecule has 0 aliphatic rings. The summed E-state index contributed by atoms with van der Waals surface area (Å²) in [5.41, 5.74) is 11.8. The lowest BCUT2D eigenvalue weighted by Gasteiger charge is -2.14. The number of hydrogen-bond acceptors (Lipinski definition) is 4. The van der Waals surface area contributed by atoms with Crippen molar-refractivity contribution in [2.24, 2.45) is 0 Å². The van der Waals surface area contributed by atoms with Gasteiger partial charge in [-0.3, -0.25) is 14.8 Å². The van der Waals surface area contributed by atoms with Crippen molar-refractivity contribution in [3.8, 4) is 28.2 Å². The summed E-state index contributed by atoms with van der Waals surface area (Å²) in [6.07, 6.45) is 7.56. The molecule has 13 rings (SSSR count). The Bertz CT molecular complexity index is 3960. The molecule has 7 aromatic carbocycles. The third-order valence-corrected chi connectivity index (χ3v) is 13.3. The Kier molecular flexibility index (Phi) is 6.94. The van der Waals surface area contributed by atoms with E-state index in [4.69, 9.17) is 0 Å². The second-order valence-electron chi connectivity index (χ2n) is 15.3. The summed E-state index contributed by atoms with van der Waals surface area (Å²) in [6.45, 7) is 0. The molecule has 60 heavy (non-hydrogen) atoms. The summed E-state index contributed by atoms with van der Waals surface area (Å²) in [5.74, 6) is 0. The minimum atomic E-state index is 0.0529. The molecule has 0 saturated heterocycles. The fraction of sp³-hybridized carbons (Fsp3) is 0. The molecule has 6 aromatic heterocycles. The number of aromatic nitrogens is 5. The second kappa shape index (κ2) is 12.6.